The first-order valence-corrected chi connectivity index (χ1v) is 6.76. The molecule has 0 amide bonds. The van der Waals surface area contributed by atoms with Gasteiger partial charge in [-0.05, 0) is 31.7 Å². The molecule has 1 aliphatic carbocycles. The second kappa shape index (κ2) is 5.74. The summed E-state index contributed by atoms with van der Waals surface area (Å²) in [5.41, 5.74) is 0.877. The van der Waals surface area contributed by atoms with Gasteiger partial charge in [-0.15, -0.1) is 0 Å². The molecule has 1 aromatic carbocycles. The SMILES string of the molecule is C[C@@H](NCc1cccc(Cl)c1O)C1CCCC1. The summed E-state index contributed by atoms with van der Waals surface area (Å²) in [6, 6.07) is 6.01. The van der Waals surface area contributed by atoms with Gasteiger partial charge in [0.2, 0.25) is 0 Å². The molecule has 1 saturated carbocycles. The van der Waals surface area contributed by atoms with E-state index in [2.05, 4.69) is 12.2 Å². The zero-order valence-corrected chi connectivity index (χ0v) is 11.0. The second-order valence-electron chi connectivity index (χ2n) is 4.96. The molecule has 2 nitrogen and oxygen atoms in total. The third-order valence-corrected chi connectivity index (χ3v) is 4.10. The first-order chi connectivity index (χ1) is 8.18. The van der Waals surface area contributed by atoms with Crippen molar-refractivity contribution >= 4 is 11.6 Å². The number of nitrogens with one attached hydrogen (secondary N) is 1. The van der Waals surface area contributed by atoms with E-state index in [1.807, 2.05) is 12.1 Å². The van der Waals surface area contributed by atoms with Gasteiger partial charge in [0.05, 0.1) is 5.02 Å². The minimum atomic E-state index is 0.209. The summed E-state index contributed by atoms with van der Waals surface area (Å²) >= 11 is 5.88. The van der Waals surface area contributed by atoms with Crippen molar-refractivity contribution < 1.29 is 5.11 Å². The maximum Gasteiger partial charge on any atom is 0.138 e. The highest BCUT2D eigenvalue weighted by molar-refractivity contribution is 6.32. The molecule has 0 radical (unpaired) electrons. The van der Waals surface area contributed by atoms with Gasteiger partial charge in [0.25, 0.3) is 0 Å². The maximum atomic E-state index is 9.80. The van der Waals surface area contributed by atoms with Crippen LogP contribution in [0.2, 0.25) is 5.02 Å². The predicted molar refractivity (Wildman–Crippen MR) is 71.4 cm³/mol. The standard InChI is InChI=1S/C14H20ClNO/c1-10(11-5-2-3-6-11)16-9-12-7-4-8-13(15)14(12)17/h4,7-8,10-11,16-17H,2-3,5-6,9H2,1H3/t10-/m1/s1. The van der Waals surface area contributed by atoms with Gasteiger partial charge in [-0.2, -0.15) is 0 Å². The van der Waals surface area contributed by atoms with E-state index in [9.17, 15) is 5.11 Å². The van der Waals surface area contributed by atoms with Crippen LogP contribution in [0.4, 0.5) is 0 Å². The average Bonchev–Trinajstić information content (AvgIpc) is 2.84. The molecule has 1 aromatic rings. The van der Waals surface area contributed by atoms with Crippen LogP contribution in [0, 0.1) is 5.92 Å². The van der Waals surface area contributed by atoms with Crippen molar-refractivity contribution in [1.82, 2.24) is 5.32 Å². The topological polar surface area (TPSA) is 32.3 Å². The highest BCUT2D eigenvalue weighted by Gasteiger charge is 2.21. The lowest BCUT2D eigenvalue weighted by molar-refractivity contribution is 0.376. The number of para-hydroxylation sites is 1. The molecule has 0 aromatic heterocycles. The smallest absolute Gasteiger partial charge is 0.138 e. The average molecular weight is 254 g/mol. The lowest BCUT2D eigenvalue weighted by atomic mass is 9.99. The minimum absolute atomic E-state index is 0.209. The van der Waals surface area contributed by atoms with Crippen LogP contribution in [0.1, 0.15) is 38.2 Å². The first kappa shape index (κ1) is 12.7. The Hall–Kier alpha value is -0.730. The molecule has 2 rings (SSSR count). The van der Waals surface area contributed by atoms with Gasteiger partial charge in [-0.3, -0.25) is 0 Å². The lowest BCUT2D eigenvalue weighted by Gasteiger charge is -2.20. The van der Waals surface area contributed by atoms with Crippen molar-refractivity contribution in [2.24, 2.45) is 5.92 Å². The van der Waals surface area contributed by atoms with Gasteiger partial charge in [0.15, 0.2) is 0 Å². The van der Waals surface area contributed by atoms with E-state index in [0.717, 1.165) is 11.5 Å². The second-order valence-corrected chi connectivity index (χ2v) is 5.37. The molecule has 0 spiro atoms. The third kappa shape index (κ3) is 3.14. The van der Waals surface area contributed by atoms with Crippen LogP contribution in [-0.4, -0.2) is 11.1 Å². The van der Waals surface area contributed by atoms with Gasteiger partial charge < -0.3 is 10.4 Å². The molecule has 2 N–H and O–H groups in total. The Bertz CT molecular complexity index is 374. The molecule has 1 fully saturated rings. The summed E-state index contributed by atoms with van der Waals surface area (Å²) in [6.07, 6.45) is 5.38. The van der Waals surface area contributed by atoms with Gasteiger partial charge in [-0.25, -0.2) is 0 Å². The van der Waals surface area contributed by atoms with Gasteiger partial charge in [-0.1, -0.05) is 36.6 Å². The molecule has 0 aliphatic heterocycles. The maximum absolute atomic E-state index is 9.80. The molecule has 0 bridgehead atoms. The van der Waals surface area contributed by atoms with E-state index in [-0.39, 0.29) is 5.75 Å². The Labute approximate surface area is 108 Å². The molecular weight excluding hydrogens is 234 g/mol. The van der Waals surface area contributed by atoms with Crippen LogP contribution in [0.25, 0.3) is 0 Å². The van der Waals surface area contributed by atoms with Crippen molar-refractivity contribution in [3.63, 3.8) is 0 Å². The Morgan fingerprint density at radius 3 is 2.82 bits per heavy atom. The fourth-order valence-electron chi connectivity index (χ4n) is 2.60. The number of phenolic OH excluding ortho intramolecular Hbond substituents is 1. The lowest BCUT2D eigenvalue weighted by Crippen LogP contribution is -2.31. The summed E-state index contributed by atoms with van der Waals surface area (Å²) in [5.74, 6) is 0.997. The molecule has 0 saturated heterocycles. The van der Waals surface area contributed by atoms with Crippen molar-refractivity contribution in [3.05, 3.63) is 28.8 Å². The van der Waals surface area contributed by atoms with Crippen LogP contribution in [-0.2, 0) is 6.54 Å². The van der Waals surface area contributed by atoms with Gasteiger partial charge in [0.1, 0.15) is 5.75 Å². The molecule has 0 heterocycles. The monoisotopic (exact) mass is 253 g/mol. The van der Waals surface area contributed by atoms with Crippen LogP contribution < -0.4 is 5.32 Å². The van der Waals surface area contributed by atoms with E-state index >= 15 is 0 Å². The third-order valence-electron chi connectivity index (χ3n) is 3.79. The van der Waals surface area contributed by atoms with Crippen LogP contribution in [0.5, 0.6) is 5.75 Å². The fraction of sp³-hybridized carbons (Fsp3) is 0.571. The Morgan fingerprint density at radius 1 is 1.41 bits per heavy atom. The first-order valence-electron chi connectivity index (χ1n) is 6.38. The van der Waals surface area contributed by atoms with E-state index in [0.29, 0.717) is 17.6 Å². The highest BCUT2D eigenvalue weighted by Crippen LogP contribution is 2.29. The van der Waals surface area contributed by atoms with Crippen molar-refractivity contribution in [1.29, 1.82) is 0 Å². The van der Waals surface area contributed by atoms with Gasteiger partial charge in [0, 0.05) is 18.2 Å². The fourth-order valence-corrected chi connectivity index (χ4v) is 2.79. The van der Waals surface area contributed by atoms with Crippen molar-refractivity contribution in [2.75, 3.05) is 0 Å². The van der Waals surface area contributed by atoms with E-state index in [1.54, 1.807) is 6.07 Å². The summed E-state index contributed by atoms with van der Waals surface area (Å²) in [4.78, 5) is 0. The molecule has 0 unspecified atom stereocenters. The summed E-state index contributed by atoms with van der Waals surface area (Å²) in [7, 11) is 0. The molecule has 1 atom stereocenters. The Balaban J connectivity index is 1.90. The van der Waals surface area contributed by atoms with Crippen LogP contribution in [0.15, 0.2) is 18.2 Å². The quantitative estimate of drug-likeness (QED) is 0.857. The van der Waals surface area contributed by atoms with Crippen LogP contribution >= 0.6 is 11.6 Å². The normalized spacial score (nSPS) is 18.5. The number of hydrogen-bond acceptors (Lipinski definition) is 2. The van der Waals surface area contributed by atoms with Gasteiger partial charge >= 0.3 is 0 Å². The molecular formula is C14H20ClNO. The van der Waals surface area contributed by atoms with Crippen molar-refractivity contribution in [2.45, 2.75) is 45.2 Å². The zero-order chi connectivity index (χ0) is 12.3. The number of aromatic hydroxyl groups is 1. The highest BCUT2D eigenvalue weighted by atomic mass is 35.5. The molecule has 1 aliphatic rings. The molecule has 17 heavy (non-hydrogen) atoms. The number of phenols is 1. The number of hydrogen-bond donors (Lipinski definition) is 2. The summed E-state index contributed by atoms with van der Waals surface area (Å²) < 4.78 is 0. The zero-order valence-electron chi connectivity index (χ0n) is 10.2. The Morgan fingerprint density at radius 2 is 2.12 bits per heavy atom. The van der Waals surface area contributed by atoms with Crippen LogP contribution in [0.3, 0.4) is 0 Å². The van der Waals surface area contributed by atoms with E-state index < -0.39 is 0 Å². The number of rotatable bonds is 4. The Kier molecular flexibility index (Phi) is 4.30. The van der Waals surface area contributed by atoms with E-state index in [4.69, 9.17) is 11.6 Å². The van der Waals surface area contributed by atoms with Crippen molar-refractivity contribution in [3.8, 4) is 5.75 Å². The minimum Gasteiger partial charge on any atom is -0.506 e. The summed E-state index contributed by atoms with van der Waals surface area (Å²) in [6.45, 7) is 2.92. The van der Waals surface area contributed by atoms with E-state index in [1.165, 1.54) is 25.7 Å². The predicted octanol–water partition coefficient (Wildman–Crippen LogP) is 3.71. The molecule has 94 valence electrons. The number of benzene rings is 1. The summed E-state index contributed by atoms with van der Waals surface area (Å²) in [5, 5.41) is 13.7. The number of halogens is 1. The molecule has 3 heteroatoms. The largest absolute Gasteiger partial charge is 0.506 e.